The molecule has 0 saturated carbocycles. The molecule has 0 atom stereocenters. The van der Waals surface area contributed by atoms with E-state index in [1.165, 1.54) is 0 Å². The van der Waals surface area contributed by atoms with Gasteiger partial charge in [0.1, 0.15) is 0 Å². The molecule has 0 heterocycles. The summed E-state index contributed by atoms with van der Waals surface area (Å²) in [5.41, 5.74) is 6.48. The Labute approximate surface area is 145 Å². The number of benzene rings is 1. The van der Waals surface area contributed by atoms with Gasteiger partial charge in [0, 0.05) is 22.5 Å². The third kappa shape index (κ3) is 6.15. The van der Waals surface area contributed by atoms with Crippen LogP contribution in [0, 0.1) is 5.41 Å². The standard InChI is InChI=1S/C17H27ClN2O.ClH/c1-5-17(19,6-2)12-20-15(21)16(3,4)11-13-8-7-9-14(18)10-13;/h7-10H,5-6,11-12,19H2,1-4H3,(H,20,21);1H. The average molecular weight is 347 g/mol. The summed E-state index contributed by atoms with van der Waals surface area (Å²) in [4.78, 5) is 12.4. The topological polar surface area (TPSA) is 55.1 Å². The van der Waals surface area contributed by atoms with Gasteiger partial charge in [0.25, 0.3) is 0 Å². The first-order valence-electron chi connectivity index (χ1n) is 7.54. The second-order valence-corrected chi connectivity index (χ2v) is 6.88. The van der Waals surface area contributed by atoms with Gasteiger partial charge in [0.2, 0.25) is 5.91 Å². The van der Waals surface area contributed by atoms with Crippen LogP contribution in [0.2, 0.25) is 5.02 Å². The van der Waals surface area contributed by atoms with E-state index >= 15 is 0 Å². The molecule has 1 aromatic carbocycles. The van der Waals surface area contributed by atoms with Gasteiger partial charge in [-0.3, -0.25) is 4.79 Å². The SMILES string of the molecule is CCC(N)(CC)CNC(=O)C(C)(C)Cc1cccc(Cl)c1.Cl. The Kier molecular flexibility index (Phi) is 8.45. The fourth-order valence-corrected chi connectivity index (χ4v) is 2.45. The van der Waals surface area contributed by atoms with Gasteiger partial charge in [0.15, 0.2) is 0 Å². The molecule has 5 heteroatoms. The first-order valence-corrected chi connectivity index (χ1v) is 7.92. The van der Waals surface area contributed by atoms with E-state index in [4.69, 9.17) is 17.3 Å². The van der Waals surface area contributed by atoms with Gasteiger partial charge in [-0.15, -0.1) is 12.4 Å². The Bertz CT molecular complexity index is 485. The van der Waals surface area contributed by atoms with Crippen LogP contribution < -0.4 is 11.1 Å². The van der Waals surface area contributed by atoms with E-state index < -0.39 is 5.41 Å². The highest BCUT2D eigenvalue weighted by molar-refractivity contribution is 6.30. The molecule has 22 heavy (non-hydrogen) atoms. The average Bonchev–Trinajstić information content (AvgIpc) is 2.44. The predicted molar refractivity (Wildman–Crippen MR) is 96.7 cm³/mol. The molecule has 0 aromatic heterocycles. The second-order valence-electron chi connectivity index (χ2n) is 6.44. The number of rotatable bonds is 7. The number of carbonyl (C=O) groups is 1. The summed E-state index contributed by atoms with van der Waals surface area (Å²) in [5, 5.41) is 3.70. The number of amides is 1. The molecule has 1 rings (SSSR count). The van der Waals surface area contributed by atoms with Crippen LogP contribution in [-0.4, -0.2) is 18.0 Å². The van der Waals surface area contributed by atoms with Gasteiger partial charge in [-0.1, -0.05) is 51.4 Å². The maximum atomic E-state index is 12.4. The first-order chi connectivity index (χ1) is 9.72. The second kappa shape index (κ2) is 8.76. The van der Waals surface area contributed by atoms with Crippen LogP contribution in [0.3, 0.4) is 0 Å². The van der Waals surface area contributed by atoms with E-state index in [0.717, 1.165) is 18.4 Å². The van der Waals surface area contributed by atoms with Crippen LogP contribution in [0.15, 0.2) is 24.3 Å². The summed E-state index contributed by atoms with van der Waals surface area (Å²) in [6, 6.07) is 7.64. The largest absolute Gasteiger partial charge is 0.354 e. The molecule has 126 valence electrons. The van der Waals surface area contributed by atoms with Crippen molar-refractivity contribution in [3.8, 4) is 0 Å². The van der Waals surface area contributed by atoms with Gasteiger partial charge in [0.05, 0.1) is 0 Å². The van der Waals surface area contributed by atoms with E-state index in [0.29, 0.717) is 18.0 Å². The third-order valence-corrected chi connectivity index (χ3v) is 4.39. The highest BCUT2D eigenvalue weighted by Gasteiger charge is 2.30. The monoisotopic (exact) mass is 346 g/mol. The normalized spacial score (nSPS) is 11.7. The molecule has 0 spiro atoms. The molecule has 0 unspecified atom stereocenters. The van der Waals surface area contributed by atoms with Crippen molar-refractivity contribution >= 4 is 29.9 Å². The fraction of sp³-hybridized carbons (Fsp3) is 0.588. The minimum absolute atomic E-state index is 0. The van der Waals surface area contributed by atoms with Crippen LogP contribution in [0.4, 0.5) is 0 Å². The molecule has 0 aliphatic rings. The minimum atomic E-state index is -0.493. The highest BCUT2D eigenvalue weighted by Crippen LogP contribution is 2.24. The number of nitrogens with two attached hydrogens (primary N) is 1. The van der Waals surface area contributed by atoms with Crippen molar-refractivity contribution in [1.82, 2.24) is 5.32 Å². The fourth-order valence-electron chi connectivity index (χ4n) is 2.23. The third-order valence-electron chi connectivity index (χ3n) is 4.16. The number of carbonyl (C=O) groups excluding carboxylic acids is 1. The maximum Gasteiger partial charge on any atom is 0.226 e. The summed E-state index contributed by atoms with van der Waals surface area (Å²) in [5.74, 6) is 0.0270. The smallest absolute Gasteiger partial charge is 0.226 e. The maximum absolute atomic E-state index is 12.4. The van der Waals surface area contributed by atoms with Gasteiger partial charge < -0.3 is 11.1 Å². The van der Waals surface area contributed by atoms with Gasteiger partial charge in [-0.25, -0.2) is 0 Å². The van der Waals surface area contributed by atoms with Crippen LogP contribution >= 0.6 is 24.0 Å². The lowest BCUT2D eigenvalue weighted by Crippen LogP contribution is -2.51. The Morgan fingerprint density at radius 3 is 2.36 bits per heavy atom. The molecular weight excluding hydrogens is 319 g/mol. The van der Waals surface area contributed by atoms with E-state index in [-0.39, 0.29) is 23.9 Å². The molecule has 0 aliphatic carbocycles. The van der Waals surface area contributed by atoms with E-state index in [1.807, 2.05) is 52.0 Å². The zero-order valence-electron chi connectivity index (χ0n) is 13.9. The van der Waals surface area contributed by atoms with Crippen LogP contribution in [0.25, 0.3) is 0 Å². The summed E-state index contributed by atoms with van der Waals surface area (Å²) >= 11 is 5.99. The van der Waals surface area contributed by atoms with Crippen molar-refractivity contribution in [3.05, 3.63) is 34.9 Å². The first kappa shape index (κ1) is 21.2. The van der Waals surface area contributed by atoms with Crippen molar-refractivity contribution in [3.63, 3.8) is 0 Å². The van der Waals surface area contributed by atoms with Crippen molar-refractivity contribution < 1.29 is 4.79 Å². The number of nitrogens with one attached hydrogen (secondary N) is 1. The molecule has 1 aromatic rings. The Morgan fingerprint density at radius 2 is 1.86 bits per heavy atom. The lowest BCUT2D eigenvalue weighted by Gasteiger charge is -2.30. The van der Waals surface area contributed by atoms with Crippen molar-refractivity contribution in [2.45, 2.75) is 52.5 Å². The molecule has 0 aliphatic heterocycles. The molecule has 0 bridgehead atoms. The molecule has 0 saturated heterocycles. The quantitative estimate of drug-likeness (QED) is 0.784. The van der Waals surface area contributed by atoms with Gasteiger partial charge in [-0.05, 0) is 37.0 Å². The van der Waals surface area contributed by atoms with Crippen molar-refractivity contribution in [2.75, 3.05) is 6.54 Å². The Balaban J connectivity index is 0.00000441. The van der Waals surface area contributed by atoms with E-state index in [1.54, 1.807) is 0 Å². The number of hydrogen-bond acceptors (Lipinski definition) is 2. The van der Waals surface area contributed by atoms with Crippen LogP contribution in [0.1, 0.15) is 46.1 Å². The molecular formula is C17H28Cl2N2O. The van der Waals surface area contributed by atoms with Crippen molar-refractivity contribution in [2.24, 2.45) is 11.1 Å². The van der Waals surface area contributed by atoms with Gasteiger partial charge >= 0.3 is 0 Å². The van der Waals surface area contributed by atoms with E-state index in [2.05, 4.69) is 5.32 Å². The number of halogens is 2. The summed E-state index contributed by atoms with van der Waals surface area (Å²) in [6.45, 7) is 8.50. The number of hydrogen-bond donors (Lipinski definition) is 2. The molecule has 1 amide bonds. The Hall–Kier alpha value is -0.770. The zero-order valence-corrected chi connectivity index (χ0v) is 15.5. The summed E-state index contributed by atoms with van der Waals surface area (Å²) in [7, 11) is 0. The molecule has 3 N–H and O–H groups in total. The molecule has 0 radical (unpaired) electrons. The lowest BCUT2D eigenvalue weighted by atomic mass is 9.84. The predicted octanol–water partition coefficient (Wildman–Crippen LogP) is 3.96. The zero-order chi connectivity index (χ0) is 16.1. The summed E-state index contributed by atoms with van der Waals surface area (Å²) < 4.78 is 0. The van der Waals surface area contributed by atoms with Crippen LogP contribution in [-0.2, 0) is 11.2 Å². The van der Waals surface area contributed by atoms with Crippen LogP contribution in [0.5, 0.6) is 0 Å². The van der Waals surface area contributed by atoms with Gasteiger partial charge in [-0.2, -0.15) is 0 Å². The summed E-state index contributed by atoms with van der Waals surface area (Å²) in [6.07, 6.45) is 2.34. The van der Waals surface area contributed by atoms with E-state index in [9.17, 15) is 4.79 Å². The lowest BCUT2D eigenvalue weighted by molar-refractivity contribution is -0.129. The highest BCUT2D eigenvalue weighted by atomic mass is 35.5. The van der Waals surface area contributed by atoms with Crippen molar-refractivity contribution in [1.29, 1.82) is 0 Å². The minimum Gasteiger partial charge on any atom is -0.354 e. The molecule has 0 fully saturated rings. The molecule has 3 nitrogen and oxygen atoms in total. The Morgan fingerprint density at radius 1 is 1.27 bits per heavy atom.